The number of Topliss-reactive ketones (excluding diaryl/α,β-unsaturated/α-hetero) is 1. The lowest BCUT2D eigenvalue weighted by Crippen LogP contribution is -2.52. The molecule has 27 nitrogen and oxygen atoms in total. The van der Waals surface area contributed by atoms with E-state index in [1.54, 1.807) is 61.0 Å². The van der Waals surface area contributed by atoms with E-state index >= 15 is 0 Å². The minimum Gasteiger partial charge on any atom is -0.490 e. The standard InChI is InChI=1S/C69H95N7O20S/c1-49-64(97-48-72-49)51-8-6-50(7-9-51)45-71-66(81)57-44-54(77)43-56(57)63(80)65(69(2,3)4)75-61(78)16-17-83-18-19-84-20-21-85-22-23-86-24-25-87-26-27-88-28-29-89-30-31-90-32-33-91-34-35-92-36-37-93-38-39-94-40-41-95-55-12-13-58(70-46-55)67(82)73-53-11-14-60-59(42-53)74-68(96-60)52-10-15-62(79)76(5)47-52/h6-15,42,46-48,54,56-57,65,77H,16-41,43-45H2,1-5H3,(H,71,81)(H,73,82)(H,75,78)/t54-,56?,57+,65+/m0/s1. The Labute approximate surface area is 569 Å². The lowest BCUT2D eigenvalue weighted by Gasteiger charge is -2.33. The van der Waals surface area contributed by atoms with Crippen LogP contribution in [0.3, 0.4) is 0 Å². The highest BCUT2D eigenvalue weighted by molar-refractivity contribution is 7.13. The Bertz CT molecular complexity index is 3320. The van der Waals surface area contributed by atoms with Crippen molar-refractivity contribution in [2.24, 2.45) is 24.3 Å². The number of ether oxygens (including phenoxy) is 13. The third-order valence-electron chi connectivity index (χ3n) is 15.1. The van der Waals surface area contributed by atoms with Crippen molar-refractivity contribution in [3.8, 4) is 27.6 Å². The molecule has 7 rings (SSSR count). The first kappa shape index (κ1) is 77.4. The molecular weight excluding hydrogens is 1280 g/mol. The number of oxazole rings is 1. The molecule has 0 bridgehead atoms. The molecule has 3 amide bonds. The van der Waals surface area contributed by atoms with Gasteiger partial charge < -0.3 is 91.6 Å². The summed E-state index contributed by atoms with van der Waals surface area (Å²) in [6.07, 6.45) is 2.71. The number of nitrogens with one attached hydrogen (secondary N) is 3. The number of carbonyl (C=O) groups excluding carboxylic acids is 4. The van der Waals surface area contributed by atoms with Gasteiger partial charge in [-0.3, -0.25) is 24.0 Å². The summed E-state index contributed by atoms with van der Waals surface area (Å²) in [7, 11) is 1.65. The maximum Gasteiger partial charge on any atom is 0.274 e. The number of hydrogen-bond acceptors (Lipinski definition) is 24. The quantitative estimate of drug-likeness (QED) is 0.0316. The van der Waals surface area contributed by atoms with E-state index in [0.717, 1.165) is 21.7 Å². The Hall–Kier alpha value is -7.00. The molecule has 4 N–H and O–H groups in total. The molecule has 0 radical (unpaired) electrons. The van der Waals surface area contributed by atoms with Gasteiger partial charge in [-0.15, -0.1) is 11.3 Å². The first-order valence-electron chi connectivity index (χ1n) is 32.8. The van der Waals surface area contributed by atoms with Gasteiger partial charge >= 0.3 is 0 Å². The number of nitrogens with zero attached hydrogens (tertiary/aromatic N) is 4. The Morgan fingerprint density at radius 1 is 0.629 bits per heavy atom. The van der Waals surface area contributed by atoms with Gasteiger partial charge in [-0.25, -0.2) is 15.0 Å². The number of pyridine rings is 2. The zero-order chi connectivity index (χ0) is 68.9. The first-order chi connectivity index (χ1) is 47.1. The van der Waals surface area contributed by atoms with Crippen LogP contribution < -0.4 is 26.2 Å². The van der Waals surface area contributed by atoms with Gasteiger partial charge in [0.1, 0.15) is 23.6 Å². The van der Waals surface area contributed by atoms with E-state index in [9.17, 15) is 29.1 Å². The molecule has 1 unspecified atom stereocenters. The van der Waals surface area contributed by atoms with Crippen LogP contribution in [0.4, 0.5) is 5.69 Å². The highest BCUT2D eigenvalue weighted by Crippen LogP contribution is 2.37. The number of fused-ring (bicyclic) bond motifs is 1. The Kier molecular flexibility index (Phi) is 34.6. The molecule has 1 aliphatic rings. The molecule has 4 aromatic heterocycles. The van der Waals surface area contributed by atoms with Crippen LogP contribution in [-0.2, 0) is 84.8 Å². The number of anilines is 1. The number of aromatic nitrogens is 4. The van der Waals surface area contributed by atoms with Crippen LogP contribution in [0.2, 0.25) is 0 Å². The fourth-order valence-corrected chi connectivity index (χ4v) is 10.8. The van der Waals surface area contributed by atoms with Gasteiger partial charge in [-0.05, 0) is 72.7 Å². The molecule has 2 aromatic carbocycles. The molecule has 4 heterocycles. The van der Waals surface area contributed by atoms with Crippen molar-refractivity contribution in [2.75, 3.05) is 170 Å². The number of hydrogen-bond donors (Lipinski definition) is 4. The van der Waals surface area contributed by atoms with Crippen LogP contribution in [0.5, 0.6) is 5.75 Å². The zero-order valence-electron chi connectivity index (χ0n) is 56.3. The third-order valence-corrected chi connectivity index (χ3v) is 16.1. The van der Waals surface area contributed by atoms with Crippen molar-refractivity contribution < 1.29 is 90.3 Å². The number of thiazole rings is 1. The van der Waals surface area contributed by atoms with Gasteiger partial charge in [0.25, 0.3) is 5.91 Å². The minimum atomic E-state index is -0.860. The van der Waals surface area contributed by atoms with Crippen LogP contribution in [-0.4, -0.2) is 225 Å². The van der Waals surface area contributed by atoms with E-state index < -0.39 is 35.3 Å². The number of ketones is 1. The second-order valence-electron chi connectivity index (χ2n) is 23.6. The van der Waals surface area contributed by atoms with Crippen LogP contribution in [0, 0.1) is 24.2 Å². The summed E-state index contributed by atoms with van der Waals surface area (Å²) in [5.74, 6) is -1.88. The molecule has 0 saturated heterocycles. The summed E-state index contributed by atoms with van der Waals surface area (Å²) in [6, 6.07) is 18.5. The highest BCUT2D eigenvalue weighted by Gasteiger charge is 2.46. The number of aliphatic hydroxyl groups is 1. The van der Waals surface area contributed by atoms with Crippen LogP contribution in [0.25, 0.3) is 33.0 Å². The SMILES string of the molecule is Cc1ncsc1-c1ccc(CNC(=O)[C@@H]2C[C@@H](O)CC2C(=O)[C@@H](NC(=O)CCOCCOCCOCCOCCOCCOCCOCCOCCOCCOCCOCCOCCOc2ccc(C(=O)Nc3ccc4oc(-c5ccc(=O)n(C)c5)nc4c3)nc2)C(C)(C)C)cc1. The second-order valence-corrected chi connectivity index (χ2v) is 24.5. The van der Waals surface area contributed by atoms with Gasteiger partial charge in [0, 0.05) is 43.9 Å². The number of carbonyl (C=O) groups is 4. The zero-order valence-corrected chi connectivity index (χ0v) is 57.1. The lowest BCUT2D eigenvalue weighted by atomic mass is 9.77. The van der Waals surface area contributed by atoms with Crippen LogP contribution in [0.1, 0.15) is 61.8 Å². The van der Waals surface area contributed by atoms with Crippen molar-refractivity contribution >= 4 is 51.6 Å². The van der Waals surface area contributed by atoms with Crippen molar-refractivity contribution in [1.29, 1.82) is 0 Å². The van der Waals surface area contributed by atoms with E-state index in [4.69, 9.17) is 66.0 Å². The Morgan fingerprint density at radius 2 is 1.13 bits per heavy atom. The molecule has 532 valence electrons. The number of amides is 3. The fraction of sp³-hybridized carbons (Fsp3) is 0.565. The molecule has 0 aliphatic heterocycles. The molecule has 1 aliphatic carbocycles. The van der Waals surface area contributed by atoms with Crippen molar-refractivity contribution in [3.63, 3.8) is 0 Å². The van der Waals surface area contributed by atoms with E-state index in [-0.39, 0.29) is 67.9 Å². The monoisotopic (exact) mass is 1370 g/mol. The fourth-order valence-electron chi connectivity index (χ4n) is 10.00. The maximum absolute atomic E-state index is 14.0. The highest BCUT2D eigenvalue weighted by atomic mass is 32.1. The molecule has 97 heavy (non-hydrogen) atoms. The molecule has 6 aromatic rings. The van der Waals surface area contributed by atoms with Gasteiger partial charge in [-0.1, -0.05) is 45.0 Å². The topological polar surface area (TPSA) is 318 Å². The molecular formula is C69H95N7O20S. The molecule has 0 spiro atoms. The summed E-state index contributed by atoms with van der Waals surface area (Å²) >= 11 is 1.58. The van der Waals surface area contributed by atoms with E-state index in [1.807, 2.05) is 57.5 Å². The maximum atomic E-state index is 14.0. The van der Waals surface area contributed by atoms with E-state index in [1.165, 1.54) is 16.8 Å². The summed E-state index contributed by atoms with van der Waals surface area (Å²) in [4.78, 5) is 79.3. The van der Waals surface area contributed by atoms with E-state index in [0.29, 0.717) is 186 Å². The predicted octanol–water partition coefficient (Wildman–Crippen LogP) is 6.04. The largest absolute Gasteiger partial charge is 0.490 e. The van der Waals surface area contributed by atoms with Crippen LogP contribution in [0.15, 0.2) is 93.8 Å². The number of aryl methyl sites for hydroxylation is 2. The lowest BCUT2D eigenvalue weighted by molar-refractivity contribution is -0.137. The molecule has 1 saturated carbocycles. The third kappa shape index (κ3) is 28.4. The average Bonchev–Trinajstić information content (AvgIpc) is 1.70. The average molecular weight is 1370 g/mol. The Balaban J connectivity index is 0.555. The van der Waals surface area contributed by atoms with Gasteiger partial charge in [0.15, 0.2) is 11.4 Å². The number of rotatable bonds is 50. The first-order valence-corrected chi connectivity index (χ1v) is 33.7. The van der Waals surface area contributed by atoms with Crippen molar-refractivity contribution in [1.82, 2.24) is 30.2 Å². The normalized spacial score (nSPS) is 15.1. The number of aliphatic hydroxyl groups excluding tert-OH is 1. The van der Waals surface area contributed by atoms with Crippen molar-refractivity contribution in [3.05, 3.63) is 112 Å². The van der Waals surface area contributed by atoms with E-state index in [2.05, 4.69) is 30.9 Å². The smallest absolute Gasteiger partial charge is 0.274 e. The molecule has 28 heteroatoms. The minimum absolute atomic E-state index is 0.0417. The predicted molar refractivity (Wildman–Crippen MR) is 360 cm³/mol. The Morgan fingerprint density at radius 3 is 1.62 bits per heavy atom. The summed E-state index contributed by atoms with van der Waals surface area (Å²) in [6.45, 7) is 17.8. The summed E-state index contributed by atoms with van der Waals surface area (Å²) in [5, 5.41) is 19.3. The molecule has 1 fully saturated rings. The van der Waals surface area contributed by atoms with Gasteiger partial charge in [0.2, 0.25) is 23.3 Å². The summed E-state index contributed by atoms with van der Waals surface area (Å²) in [5.41, 5.74) is 6.45. The number of benzene rings is 2. The van der Waals surface area contributed by atoms with Gasteiger partial charge in [-0.2, -0.15) is 0 Å². The summed E-state index contributed by atoms with van der Waals surface area (Å²) < 4.78 is 79.7. The van der Waals surface area contributed by atoms with Gasteiger partial charge in [0.05, 0.1) is 204 Å². The molecule has 4 atom stereocenters. The van der Waals surface area contributed by atoms with Crippen molar-refractivity contribution in [2.45, 2.75) is 65.6 Å². The van der Waals surface area contributed by atoms with Crippen LogP contribution >= 0.6 is 11.3 Å². The second kappa shape index (κ2) is 43.4.